The average Bonchev–Trinajstić information content (AvgIpc) is 2.62. The van der Waals surface area contributed by atoms with Crippen LogP contribution in [0, 0.1) is 5.92 Å². The Morgan fingerprint density at radius 2 is 1.77 bits per heavy atom. The molecule has 4 nitrogen and oxygen atoms in total. The number of nitrogens with one attached hydrogen (secondary N) is 2. The number of rotatable bonds is 1. The molecule has 1 aliphatic carbocycles. The van der Waals surface area contributed by atoms with Gasteiger partial charge in [-0.15, -0.1) is 0 Å². The van der Waals surface area contributed by atoms with E-state index >= 15 is 0 Å². The van der Waals surface area contributed by atoms with Gasteiger partial charge in [0.1, 0.15) is 0 Å². The molecule has 1 saturated carbocycles. The van der Waals surface area contributed by atoms with Crippen LogP contribution < -0.4 is 10.6 Å². The lowest BCUT2D eigenvalue weighted by atomic mass is 9.97. The van der Waals surface area contributed by atoms with Gasteiger partial charge in [0.15, 0.2) is 0 Å². The standard InChI is InChI=1S/C9H14N2O2/c12-8-9(13)11-7(5-10-8)6-3-1-2-4-6/h6-7H,1-5H2,(H,10,12)(H,11,13). The van der Waals surface area contributed by atoms with Crippen molar-refractivity contribution in [1.82, 2.24) is 10.6 Å². The van der Waals surface area contributed by atoms with E-state index in [1.54, 1.807) is 0 Å². The summed E-state index contributed by atoms with van der Waals surface area (Å²) >= 11 is 0. The first-order chi connectivity index (χ1) is 6.27. The van der Waals surface area contributed by atoms with Gasteiger partial charge in [0.05, 0.1) is 0 Å². The van der Waals surface area contributed by atoms with Crippen LogP contribution in [0.3, 0.4) is 0 Å². The minimum atomic E-state index is -0.491. The van der Waals surface area contributed by atoms with E-state index in [4.69, 9.17) is 0 Å². The SMILES string of the molecule is O=C1NCC(C2CCCC2)NC1=O. The average molecular weight is 182 g/mol. The van der Waals surface area contributed by atoms with Crippen molar-refractivity contribution < 1.29 is 9.59 Å². The molecule has 1 unspecified atom stereocenters. The van der Waals surface area contributed by atoms with Crippen molar-refractivity contribution in [2.45, 2.75) is 31.7 Å². The van der Waals surface area contributed by atoms with Crippen LogP contribution >= 0.6 is 0 Å². The molecule has 1 aliphatic heterocycles. The predicted octanol–water partition coefficient (Wildman–Crippen LogP) is -0.209. The van der Waals surface area contributed by atoms with Gasteiger partial charge in [0, 0.05) is 12.6 Å². The number of piperazine rings is 1. The lowest BCUT2D eigenvalue weighted by Gasteiger charge is -2.28. The topological polar surface area (TPSA) is 58.2 Å². The van der Waals surface area contributed by atoms with E-state index in [0.29, 0.717) is 12.5 Å². The normalized spacial score (nSPS) is 30.0. The molecule has 2 rings (SSSR count). The molecule has 2 N–H and O–H groups in total. The van der Waals surface area contributed by atoms with E-state index in [2.05, 4.69) is 10.6 Å². The fourth-order valence-corrected chi connectivity index (χ4v) is 2.21. The van der Waals surface area contributed by atoms with Crippen molar-refractivity contribution in [1.29, 1.82) is 0 Å². The van der Waals surface area contributed by atoms with Crippen LogP contribution in [-0.2, 0) is 9.59 Å². The first-order valence-corrected chi connectivity index (χ1v) is 4.86. The Bertz CT molecular complexity index is 234. The van der Waals surface area contributed by atoms with Crippen LogP contribution in [0.5, 0.6) is 0 Å². The molecule has 0 spiro atoms. The van der Waals surface area contributed by atoms with Gasteiger partial charge in [0.2, 0.25) is 0 Å². The van der Waals surface area contributed by atoms with Crippen LogP contribution in [0.15, 0.2) is 0 Å². The van der Waals surface area contributed by atoms with Crippen molar-refractivity contribution in [3.8, 4) is 0 Å². The first kappa shape index (κ1) is 8.53. The van der Waals surface area contributed by atoms with Gasteiger partial charge < -0.3 is 10.6 Å². The molecule has 13 heavy (non-hydrogen) atoms. The first-order valence-electron chi connectivity index (χ1n) is 4.86. The molecule has 2 amide bonds. The fourth-order valence-electron chi connectivity index (χ4n) is 2.21. The van der Waals surface area contributed by atoms with E-state index in [1.165, 1.54) is 25.7 Å². The zero-order valence-electron chi connectivity index (χ0n) is 7.51. The second kappa shape index (κ2) is 3.36. The molecule has 0 aromatic carbocycles. The maximum Gasteiger partial charge on any atom is 0.309 e. The number of hydrogen-bond acceptors (Lipinski definition) is 2. The van der Waals surface area contributed by atoms with Crippen molar-refractivity contribution in [3.05, 3.63) is 0 Å². The summed E-state index contributed by atoms with van der Waals surface area (Å²) in [5.41, 5.74) is 0. The van der Waals surface area contributed by atoms with Gasteiger partial charge in [-0.2, -0.15) is 0 Å². The summed E-state index contributed by atoms with van der Waals surface area (Å²) in [5.74, 6) is -0.387. The van der Waals surface area contributed by atoms with Gasteiger partial charge in [-0.25, -0.2) is 0 Å². The Kier molecular flexibility index (Phi) is 2.20. The number of amides is 2. The maximum atomic E-state index is 11.0. The number of carbonyl (C=O) groups is 2. The third kappa shape index (κ3) is 1.66. The number of carbonyl (C=O) groups excluding carboxylic acids is 2. The Morgan fingerprint density at radius 1 is 1.08 bits per heavy atom. The van der Waals surface area contributed by atoms with E-state index in [9.17, 15) is 9.59 Å². The second-order valence-electron chi connectivity index (χ2n) is 3.83. The molecule has 0 aromatic heterocycles. The minimum Gasteiger partial charge on any atom is -0.346 e. The zero-order chi connectivity index (χ0) is 9.26. The van der Waals surface area contributed by atoms with Gasteiger partial charge in [0.25, 0.3) is 0 Å². The molecule has 0 radical (unpaired) electrons. The highest BCUT2D eigenvalue weighted by Crippen LogP contribution is 2.27. The van der Waals surface area contributed by atoms with Gasteiger partial charge in [-0.3, -0.25) is 9.59 Å². The van der Waals surface area contributed by atoms with Crippen LogP contribution in [0.1, 0.15) is 25.7 Å². The highest BCUT2D eigenvalue weighted by molar-refractivity contribution is 6.35. The second-order valence-corrected chi connectivity index (χ2v) is 3.83. The Morgan fingerprint density at radius 3 is 2.38 bits per heavy atom. The third-order valence-corrected chi connectivity index (χ3v) is 2.97. The van der Waals surface area contributed by atoms with Crippen molar-refractivity contribution in [2.24, 2.45) is 5.92 Å². The summed E-state index contributed by atoms with van der Waals surface area (Å²) in [7, 11) is 0. The molecular weight excluding hydrogens is 168 g/mol. The molecule has 1 atom stereocenters. The molecule has 2 fully saturated rings. The highest BCUT2D eigenvalue weighted by Gasteiger charge is 2.31. The van der Waals surface area contributed by atoms with Crippen molar-refractivity contribution >= 4 is 11.8 Å². The van der Waals surface area contributed by atoms with E-state index in [-0.39, 0.29) is 6.04 Å². The molecular formula is C9H14N2O2. The smallest absolute Gasteiger partial charge is 0.309 e. The monoisotopic (exact) mass is 182 g/mol. The van der Waals surface area contributed by atoms with Crippen LogP contribution in [-0.4, -0.2) is 24.4 Å². The van der Waals surface area contributed by atoms with Crippen LogP contribution in [0.2, 0.25) is 0 Å². The maximum absolute atomic E-state index is 11.0. The highest BCUT2D eigenvalue weighted by atomic mass is 16.2. The zero-order valence-corrected chi connectivity index (χ0v) is 7.51. The van der Waals surface area contributed by atoms with E-state index in [0.717, 1.165) is 0 Å². The molecule has 1 saturated heterocycles. The van der Waals surface area contributed by atoms with Gasteiger partial charge in [-0.05, 0) is 18.8 Å². The predicted molar refractivity (Wildman–Crippen MR) is 46.9 cm³/mol. The van der Waals surface area contributed by atoms with Gasteiger partial charge in [-0.1, -0.05) is 12.8 Å². The van der Waals surface area contributed by atoms with Crippen molar-refractivity contribution in [2.75, 3.05) is 6.54 Å². The molecule has 1 heterocycles. The molecule has 4 heteroatoms. The van der Waals surface area contributed by atoms with E-state index in [1.807, 2.05) is 0 Å². The summed E-state index contributed by atoms with van der Waals surface area (Å²) in [6.45, 7) is 0.606. The van der Waals surface area contributed by atoms with Crippen molar-refractivity contribution in [3.63, 3.8) is 0 Å². The minimum absolute atomic E-state index is 0.174. The Balaban J connectivity index is 1.94. The quantitative estimate of drug-likeness (QED) is 0.551. The number of hydrogen-bond donors (Lipinski definition) is 2. The molecule has 72 valence electrons. The largest absolute Gasteiger partial charge is 0.346 e. The molecule has 0 bridgehead atoms. The van der Waals surface area contributed by atoms with Crippen LogP contribution in [0.4, 0.5) is 0 Å². The van der Waals surface area contributed by atoms with E-state index < -0.39 is 11.8 Å². The summed E-state index contributed by atoms with van der Waals surface area (Å²) in [6, 6.07) is 0.174. The third-order valence-electron chi connectivity index (χ3n) is 2.97. The van der Waals surface area contributed by atoms with Gasteiger partial charge >= 0.3 is 11.8 Å². The lowest BCUT2D eigenvalue weighted by Crippen LogP contribution is -2.57. The Hall–Kier alpha value is -1.06. The summed E-state index contributed by atoms with van der Waals surface area (Å²) in [5, 5.41) is 5.36. The Labute approximate surface area is 77.1 Å². The summed E-state index contributed by atoms with van der Waals surface area (Å²) < 4.78 is 0. The summed E-state index contributed by atoms with van der Waals surface area (Å²) in [4.78, 5) is 21.9. The lowest BCUT2D eigenvalue weighted by molar-refractivity contribution is -0.141. The molecule has 0 aromatic rings. The summed E-state index contributed by atoms with van der Waals surface area (Å²) in [6.07, 6.45) is 4.87. The van der Waals surface area contributed by atoms with Crippen LogP contribution in [0.25, 0.3) is 0 Å². The molecule has 2 aliphatic rings. The fraction of sp³-hybridized carbons (Fsp3) is 0.778.